The first-order chi connectivity index (χ1) is 11.6. The number of allylic oxidation sites excluding steroid dienone is 1. The van der Waals surface area contributed by atoms with Crippen LogP contribution in [0.1, 0.15) is 15.9 Å². The van der Waals surface area contributed by atoms with Gasteiger partial charge in [-0.3, -0.25) is 14.9 Å². The molecule has 0 saturated heterocycles. The van der Waals surface area contributed by atoms with E-state index in [2.05, 4.69) is 10.5 Å². The molecule has 2 rings (SSSR count). The molecule has 0 fully saturated rings. The average molecular weight is 325 g/mol. The van der Waals surface area contributed by atoms with Crippen molar-refractivity contribution < 1.29 is 14.5 Å². The van der Waals surface area contributed by atoms with E-state index in [1.54, 1.807) is 48.6 Å². The van der Waals surface area contributed by atoms with E-state index in [-0.39, 0.29) is 11.6 Å². The lowest BCUT2D eigenvalue weighted by Gasteiger charge is -2.05. The third kappa shape index (κ3) is 4.51. The molecule has 7 heteroatoms. The van der Waals surface area contributed by atoms with E-state index in [4.69, 9.17) is 4.74 Å². The van der Waals surface area contributed by atoms with E-state index in [1.807, 2.05) is 0 Å². The Hall–Kier alpha value is -3.48. The predicted octanol–water partition coefficient (Wildman–Crippen LogP) is 3.03. The highest BCUT2D eigenvalue weighted by Crippen LogP contribution is 2.16. The van der Waals surface area contributed by atoms with Crippen molar-refractivity contribution in [2.45, 2.75) is 0 Å². The molecule has 1 N–H and O–H groups in total. The summed E-state index contributed by atoms with van der Waals surface area (Å²) >= 11 is 0. The Kier molecular flexibility index (Phi) is 5.79. The number of hydrazone groups is 1. The molecule has 2 aromatic rings. The van der Waals surface area contributed by atoms with Crippen molar-refractivity contribution >= 4 is 23.9 Å². The second-order valence-corrected chi connectivity index (χ2v) is 4.63. The zero-order valence-electron chi connectivity index (χ0n) is 12.9. The quantitative estimate of drug-likeness (QED) is 0.502. The van der Waals surface area contributed by atoms with Crippen LogP contribution in [0.2, 0.25) is 0 Å². The van der Waals surface area contributed by atoms with Gasteiger partial charge in [0.25, 0.3) is 11.6 Å². The largest absolute Gasteiger partial charge is 0.496 e. The van der Waals surface area contributed by atoms with Gasteiger partial charge in [-0.15, -0.1) is 0 Å². The Morgan fingerprint density at radius 1 is 1.21 bits per heavy atom. The molecular formula is C17H15N3O4. The monoisotopic (exact) mass is 325 g/mol. The van der Waals surface area contributed by atoms with E-state index in [0.717, 1.165) is 5.56 Å². The Bertz CT molecular complexity index is 783. The van der Waals surface area contributed by atoms with Crippen LogP contribution in [0.4, 0.5) is 5.69 Å². The average Bonchev–Trinajstić information content (AvgIpc) is 2.61. The molecule has 7 nitrogen and oxygen atoms in total. The summed E-state index contributed by atoms with van der Waals surface area (Å²) in [4.78, 5) is 22.1. The van der Waals surface area contributed by atoms with E-state index >= 15 is 0 Å². The Balaban J connectivity index is 1.92. The number of carbonyl (C=O) groups is 1. The molecule has 0 aliphatic heterocycles. The molecule has 0 spiro atoms. The minimum Gasteiger partial charge on any atom is -0.496 e. The van der Waals surface area contributed by atoms with Crippen molar-refractivity contribution in [1.82, 2.24) is 5.43 Å². The molecule has 0 unspecified atom stereocenters. The number of rotatable bonds is 6. The molecule has 0 heterocycles. The number of nitro benzene ring substituents is 1. The van der Waals surface area contributed by atoms with Crippen LogP contribution >= 0.6 is 0 Å². The summed E-state index contributed by atoms with van der Waals surface area (Å²) in [5.74, 6) is 0.0825. The summed E-state index contributed by atoms with van der Waals surface area (Å²) in [6, 6.07) is 12.9. The van der Waals surface area contributed by atoms with Crippen LogP contribution in [0.15, 0.2) is 59.7 Å². The second kappa shape index (κ2) is 8.23. The van der Waals surface area contributed by atoms with Crippen LogP contribution in [0.3, 0.4) is 0 Å². The lowest BCUT2D eigenvalue weighted by atomic mass is 10.2. The van der Waals surface area contributed by atoms with E-state index in [9.17, 15) is 14.9 Å². The lowest BCUT2D eigenvalue weighted by Crippen LogP contribution is -2.18. The van der Waals surface area contributed by atoms with Gasteiger partial charge in [-0.1, -0.05) is 18.2 Å². The van der Waals surface area contributed by atoms with Gasteiger partial charge >= 0.3 is 0 Å². The van der Waals surface area contributed by atoms with Gasteiger partial charge in [0.2, 0.25) is 0 Å². The summed E-state index contributed by atoms with van der Waals surface area (Å²) in [6.45, 7) is 0. The molecule has 2 aromatic carbocycles. The maximum absolute atomic E-state index is 12.0. The first-order valence-electron chi connectivity index (χ1n) is 6.99. The number of hydrogen-bond acceptors (Lipinski definition) is 5. The second-order valence-electron chi connectivity index (χ2n) is 4.63. The number of methoxy groups -OCH3 is 1. The summed E-state index contributed by atoms with van der Waals surface area (Å²) < 4.78 is 5.10. The fourth-order valence-electron chi connectivity index (χ4n) is 1.89. The first kappa shape index (κ1) is 16.9. The fourth-order valence-corrected chi connectivity index (χ4v) is 1.89. The number of nitrogens with one attached hydrogen (secondary N) is 1. The van der Waals surface area contributed by atoms with Crippen LogP contribution in [-0.2, 0) is 0 Å². The van der Waals surface area contributed by atoms with Gasteiger partial charge in [-0.05, 0) is 35.9 Å². The molecule has 24 heavy (non-hydrogen) atoms. The highest BCUT2D eigenvalue weighted by atomic mass is 16.6. The summed E-state index contributed by atoms with van der Waals surface area (Å²) in [5, 5.41) is 14.4. The van der Waals surface area contributed by atoms with Crippen LogP contribution in [0.5, 0.6) is 5.75 Å². The van der Waals surface area contributed by atoms with Gasteiger partial charge in [0.05, 0.1) is 17.6 Å². The Morgan fingerprint density at radius 2 is 1.92 bits per heavy atom. The number of ether oxygens (including phenoxy) is 1. The van der Waals surface area contributed by atoms with Crippen LogP contribution in [-0.4, -0.2) is 24.2 Å². The maximum Gasteiger partial charge on any atom is 0.275 e. The van der Waals surface area contributed by atoms with Crippen LogP contribution in [0.25, 0.3) is 6.08 Å². The number of para-hydroxylation sites is 1. The minimum atomic E-state index is -0.456. The number of nitrogens with zero attached hydrogens (tertiary/aromatic N) is 2. The van der Waals surface area contributed by atoms with Gasteiger partial charge in [-0.2, -0.15) is 5.10 Å². The van der Waals surface area contributed by atoms with Gasteiger partial charge in [0.15, 0.2) is 0 Å². The highest BCUT2D eigenvalue weighted by Gasteiger charge is 2.09. The van der Waals surface area contributed by atoms with Crippen molar-refractivity contribution in [2.75, 3.05) is 7.11 Å². The van der Waals surface area contributed by atoms with Gasteiger partial charge in [0, 0.05) is 18.3 Å². The van der Waals surface area contributed by atoms with Crippen LogP contribution < -0.4 is 10.2 Å². The maximum atomic E-state index is 12.0. The zero-order chi connectivity index (χ0) is 17.4. The standard InChI is InChI=1S/C17H15N3O4/c1-24-16-7-3-2-6-15(16)17(21)19-18-12-4-5-13-8-10-14(11-9-13)20(22)23/h2-12H,1H3,(H,19,21)/b5-4+,18-12-. The van der Waals surface area contributed by atoms with Crippen molar-refractivity contribution in [3.05, 3.63) is 75.8 Å². The fraction of sp³-hybridized carbons (Fsp3) is 0.0588. The minimum absolute atomic E-state index is 0.0323. The van der Waals surface area contributed by atoms with E-state index in [0.29, 0.717) is 11.3 Å². The van der Waals surface area contributed by atoms with Crippen molar-refractivity contribution in [3.8, 4) is 5.75 Å². The van der Waals surface area contributed by atoms with E-state index in [1.165, 1.54) is 25.5 Å². The molecule has 122 valence electrons. The Morgan fingerprint density at radius 3 is 2.58 bits per heavy atom. The van der Waals surface area contributed by atoms with Gasteiger partial charge < -0.3 is 4.74 Å². The number of amides is 1. The third-order valence-corrected chi connectivity index (χ3v) is 3.07. The SMILES string of the molecule is COc1ccccc1C(=O)N/N=C\C=C\c1ccc([N+](=O)[O-])cc1. The van der Waals surface area contributed by atoms with E-state index < -0.39 is 4.92 Å². The van der Waals surface area contributed by atoms with Crippen molar-refractivity contribution in [3.63, 3.8) is 0 Å². The molecule has 0 atom stereocenters. The molecule has 0 aromatic heterocycles. The predicted molar refractivity (Wildman–Crippen MR) is 91.1 cm³/mol. The van der Waals surface area contributed by atoms with Crippen molar-refractivity contribution in [2.24, 2.45) is 5.10 Å². The van der Waals surface area contributed by atoms with Crippen LogP contribution in [0, 0.1) is 10.1 Å². The number of carbonyl (C=O) groups excluding carboxylic acids is 1. The molecule has 0 saturated carbocycles. The summed E-state index contributed by atoms with van der Waals surface area (Å²) in [7, 11) is 1.49. The molecule has 0 aliphatic carbocycles. The third-order valence-electron chi connectivity index (χ3n) is 3.07. The highest BCUT2D eigenvalue weighted by molar-refractivity contribution is 5.97. The zero-order valence-corrected chi connectivity index (χ0v) is 12.9. The smallest absolute Gasteiger partial charge is 0.275 e. The number of benzene rings is 2. The van der Waals surface area contributed by atoms with Gasteiger partial charge in [0.1, 0.15) is 5.75 Å². The normalized spacial score (nSPS) is 10.9. The Labute approximate surface area is 138 Å². The number of nitro groups is 1. The lowest BCUT2D eigenvalue weighted by molar-refractivity contribution is -0.384. The van der Waals surface area contributed by atoms with Gasteiger partial charge in [-0.25, -0.2) is 5.43 Å². The summed E-state index contributed by atoms with van der Waals surface area (Å²) in [5.41, 5.74) is 3.59. The molecule has 0 aliphatic rings. The molecule has 0 bridgehead atoms. The molecule has 1 amide bonds. The summed E-state index contributed by atoms with van der Waals surface area (Å²) in [6.07, 6.45) is 4.74. The number of non-ortho nitro benzene ring substituents is 1. The van der Waals surface area contributed by atoms with Crippen molar-refractivity contribution in [1.29, 1.82) is 0 Å². The molecule has 0 radical (unpaired) electrons. The molecular weight excluding hydrogens is 310 g/mol. The topological polar surface area (TPSA) is 93.8 Å². The number of hydrogen-bond donors (Lipinski definition) is 1. The first-order valence-corrected chi connectivity index (χ1v) is 6.99.